The number of nitrogen functional groups attached to an aromatic ring is 1. The largest absolute Gasteiger partial charge is 0.444 e. The van der Waals surface area contributed by atoms with E-state index < -0.39 is 70.6 Å². The first-order valence-corrected chi connectivity index (χ1v) is 11.7. The van der Waals surface area contributed by atoms with E-state index in [4.69, 9.17) is 10.5 Å². The summed E-state index contributed by atoms with van der Waals surface area (Å²) in [6.07, 6.45) is -11.9. The quantitative estimate of drug-likeness (QED) is 0.545. The number of pyridine rings is 1. The molecule has 0 aliphatic carbocycles. The fraction of sp³-hybridized carbons (Fsp3) is 0.565. The highest BCUT2D eigenvalue weighted by molar-refractivity contribution is 5.70. The standard InChI is InChI=1S/C23H26F6N6O3/c1-21(2,3)38-20(37)34-8-12-4-5-13(9-34)35(12)15-7-11(22(24,25)26)6-14(33-15)17-16(18(36)23(27,28)29)19(30)32-10-31-17/h6-7,10,12-13,18,36H,4-5,8-9H2,1-3H3,(H2,30,31,32). The highest BCUT2D eigenvalue weighted by Gasteiger charge is 2.45. The first kappa shape index (κ1) is 27.7. The number of piperazine rings is 1. The molecular weight excluding hydrogens is 522 g/mol. The number of nitrogens with zero attached hydrogens (tertiary/aromatic N) is 5. The predicted octanol–water partition coefficient (Wildman–Crippen LogP) is 4.32. The first-order chi connectivity index (χ1) is 17.5. The van der Waals surface area contributed by atoms with Gasteiger partial charge in [-0.3, -0.25) is 0 Å². The van der Waals surface area contributed by atoms with Gasteiger partial charge in [-0.1, -0.05) is 0 Å². The fourth-order valence-electron chi connectivity index (χ4n) is 4.73. The Kier molecular flexibility index (Phi) is 6.87. The lowest BCUT2D eigenvalue weighted by Crippen LogP contribution is -2.56. The minimum Gasteiger partial charge on any atom is -0.444 e. The van der Waals surface area contributed by atoms with Crippen molar-refractivity contribution in [1.82, 2.24) is 19.9 Å². The molecule has 3 atom stereocenters. The van der Waals surface area contributed by atoms with E-state index >= 15 is 0 Å². The van der Waals surface area contributed by atoms with Gasteiger partial charge in [-0.2, -0.15) is 26.3 Å². The molecule has 3 N–H and O–H groups in total. The van der Waals surface area contributed by atoms with Crippen molar-refractivity contribution in [2.75, 3.05) is 23.7 Å². The summed E-state index contributed by atoms with van der Waals surface area (Å²) in [4.78, 5) is 27.1. The van der Waals surface area contributed by atoms with Gasteiger partial charge in [0.1, 0.15) is 29.3 Å². The lowest BCUT2D eigenvalue weighted by atomic mass is 10.0. The minimum atomic E-state index is -5.19. The van der Waals surface area contributed by atoms with Crippen LogP contribution in [-0.4, -0.2) is 68.0 Å². The number of aliphatic hydroxyl groups excluding tert-OH is 1. The molecule has 2 fully saturated rings. The third-order valence-electron chi connectivity index (χ3n) is 6.28. The Morgan fingerprint density at radius 1 is 1.08 bits per heavy atom. The van der Waals surface area contributed by atoms with Gasteiger partial charge in [-0.25, -0.2) is 19.7 Å². The van der Waals surface area contributed by atoms with E-state index in [2.05, 4.69) is 15.0 Å². The Morgan fingerprint density at radius 2 is 1.68 bits per heavy atom. The molecule has 15 heteroatoms. The van der Waals surface area contributed by atoms with Crippen LogP contribution in [0.2, 0.25) is 0 Å². The van der Waals surface area contributed by atoms with E-state index in [1.54, 1.807) is 25.7 Å². The molecule has 2 aliphatic heterocycles. The molecule has 0 saturated carbocycles. The average Bonchev–Trinajstić information content (AvgIpc) is 3.05. The maximum Gasteiger partial charge on any atom is 0.418 e. The Bertz CT molecular complexity index is 1200. The molecule has 208 valence electrons. The monoisotopic (exact) mass is 548 g/mol. The van der Waals surface area contributed by atoms with Crippen molar-refractivity contribution in [1.29, 1.82) is 0 Å². The van der Waals surface area contributed by atoms with Gasteiger partial charge in [0.2, 0.25) is 0 Å². The van der Waals surface area contributed by atoms with Crippen LogP contribution >= 0.6 is 0 Å². The van der Waals surface area contributed by atoms with Gasteiger partial charge >= 0.3 is 18.4 Å². The first-order valence-electron chi connectivity index (χ1n) is 11.7. The molecular formula is C23H26F6N6O3. The van der Waals surface area contributed by atoms with Crippen molar-refractivity contribution in [2.24, 2.45) is 0 Å². The molecule has 0 aromatic carbocycles. The second-order valence-electron chi connectivity index (χ2n) is 10.2. The fourth-order valence-corrected chi connectivity index (χ4v) is 4.73. The van der Waals surface area contributed by atoms with E-state index in [-0.39, 0.29) is 18.9 Å². The molecule has 2 saturated heterocycles. The third-order valence-corrected chi connectivity index (χ3v) is 6.28. The number of carbonyl (C=O) groups is 1. The maximum atomic E-state index is 13.9. The van der Waals surface area contributed by atoms with Gasteiger partial charge in [0.15, 0.2) is 6.10 Å². The van der Waals surface area contributed by atoms with Crippen LogP contribution in [0.4, 0.5) is 42.8 Å². The number of carbonyl (C=O) groups excluding carboxylic acids is 1. The zero-order valence-electron chi connectivity index (χ0n) is 20.6. The summed E-state index contributed by atoms with van der Waals surface area (Å²) in [6.45, 7) is 5.48. The zero-order valence-corrected chi connectivity index (χ0v) is 20.6. The molecule has 9 nitrogen and oxygen atoms in total. The Hall–Kier alpha value is -3.36. The number of hydrogen-bond donors (Lipinski definition) is 2. The molecule has 38 heavy (non-hydrogen) atoms. The second-order valence-corrected chi connectivity index (χ2v) is 10.2. The summed E-state index contributed by atoms with van der Waals surface area (Å²) in [7, 11) is 0. The van der Waals surface area contributed by atoms with Gasteiger partial charge in [-0.05, 0) is 45.7 Å². The molecule has 1 amide bonds. The second kappa shape index (κ2) is 9.43. The maximum absolute atomic E-state index is 13.9. The molecule has 2 aromatic rings. The number of likely N-dealkylation sites (tertiary alicyclic amines) is 1. The summed E-state index contributed by atoms with van der Waals surface area (Å²) in [5.41, 5.74) is 1.46. The van der Waals surface area contributed by atoms with Gasteiger partial charge in [-0.15, -0.1) is 0 Å². The SMILES string of the molecule is CC(C)(C)OC(=O)N1CC2CCC(C1)N2c1cc(C(F)(F)F)cc(-c2ncnc(N)c2C(O)C(F)(F)F)n1. The molecule has 2 aromatic heterocycles. The van der Waals surface area contributed by atoms with Crippen LogP contribution in [0.15, 0.2) is 18.5 Å². The smallest absolute Gasteiger partial charge is 0.418 e. The molecule has 2 aliphatic rings. The molecule has 4 rings (SSSR count). The van der Waals surface area contributed by atoms with Crippen molar-refractivity contribution in [3.8, 4) is 11.4 Å². The number of aromatic nitrogens is 3. The summed E-state index contributed by atoms with van der Waals surface area (Å²) < 4.78 is 87.2. The number of nitrogens with two attached hydrogens (primary N) is 1. The summed E-state index contributed by atoms with van der Waals surface area (Å²) in [6, 6.07) is 0.556. The van der Waals surface area contributed by atoms with Crippen LogP contribution in [0.25, 0.3) is 11.4 Å². The number of halogens is 6. The number of ether oxygens (including phenoxy) is 1. The average molecular weight is 548 g/mol. The van der Waals surface area contributed by atoms with Crippen LogP contribution < -0.4 is 10.6 Å². The highest BCUT2D eigenvalue weighted by atomic mass is 19.4. The van der Waals surface area contributed by atoms with Gasteiger partial charge in [0.25, 0.3) is 0 Å². The highest BCUT2D eigenvalue weighted by Crippen LogP contribution is 2.42. The van der Waals surface area contributed by atoms with E-state index in [0.29, 0.717) is 18.9 Å². The molecule has 2 bridgehead atoms. The van der Waals surface area contributed by atoms with Crippen molar-refractivity contribution in [3.63, 3.8) is 0 Å². The van der Waals surface area contributed by atoms with Gasteiger partial charge in [0, 0.05) is 25.2 Å². The van der Waals surface area contributed by atoms with Crippen molar-refractivity contribution in [3.05, 3.63) is 29.6 Å². The Labute approximate surface area is 213 Å². The van der Waals surface area contributed by atoms with Gasteiger partial charge < -0.3 is 25.4 Å². The molecule has 4 heterocycles. The van der Waals surface area contributed by atoms with E-state index in [0.717, 1.165) is 12.4 Å². The predicted molar refractivity (Wildman–Crippen MR) is 123 cm³/mol. The molecule has 0 spiro atoms. The summed E-state index contributed by atoms with van der Waals surface area (Å²) >= 11 is 0. The number of amides is 1. The molecule has 3 unspecified atom stereocenters. The van der Waals surface area contributed by atoms with Crippen LogP contribution in [0, 0.1) is 0 Å². The number of alkyl halides is 6. The van der Waals surface area contributed by atoms with E-state index in [1.807, 2.05) is 0 Å². The van der Waals surface area contributed by atoms with Crippen LogP contribution in [0.3, 0.4) is 0 Å². The van der Waals surface area contributed by atoms with Crippen molar-refractivity contribution < 1.29 is 41.0 Å². The Balaban J connectivity index is 1.76. The lowest BCUT2D eigenvalue weighted by Gasteiger charge is -2.42. The minimum absolute atomic E-state index is 0.143. The summed E-state index contributed by atoms with van der Waals surface area (Å²) in [5.74, 6) is -0.887. The van der Waals surface area contributed by atoms with E-state index in [9.17, 15) is 36.2 Å². The molecule has 0 radical (unpaired) electrons. The normalized spacial score (nSPS) is 21.0. The summed E-state index contributed by atoms with van der Waals surface area (Å²) in [5, 5.41) is 9.89. The number of aliphatic hydroxyl groups is 1. The zero-order chi connectivity index (χ0) is 28.2. The topological polar surface area (TPSA) is 118 Å². The van der Waals surface area contributed by atoms with Crippen molar-refractivity contribution in [2.45, 2.75) is 69.8 Å². The van der Waals surface area contributed by atoms with E-state index in [1.165, 1.54) is 4.90 Å². The number of anilines is 2. The van der Waals surface area contributed by atoms with Crippen LogP contribution in [0.1, 0.15) is 50.8 Å². The van der Waals surface area contributed by atoms with Crippen LogP contribution in [0.5, 0.6) is 0 Å². The number of hydrogen-bond acceptors (Lipinski definition) is 8. The van der Waals surface area contributed by atoms with Crippen molar-refractivity contribution >= 4 is 17.7 Å². The van der Waals surface area contributed by atoms with Gasteiger partial charge in [0.05, 0.1) is 16.8 Å². The third kappa shape index (κ3) is 5.56. The Morgan fingerprint density at radius 3 is 2.21 bits per heavy atom. The van der Waals surface area contributed by atoms with Crippen LogP contribution in [-0.2, 0) is 10.9 Å². The number of fused-ring (bicyclic) bond motifs is 2. The lowest BCUT2D eigenvalue weighted by molar-refractivity contribution is -0.206. The number of rotatable bonds is 3.